The second kappa shape index (κ2) is 1.10. The van der Waals surface area contributed by atoms with Gasteiger partial charge in [-0.1, -0.05) is 6.92 Å². The average Bonchev–Trinajstić information content (AvgIpc) is 1.64. The number of quaternary nitrogens is 1. The molecule has 0 amide bonds. The summed E-state index contributed by atoms with van der Waals surface area (Å²) in [6.45, 7) is 5.28. The molecule has 2 unspecified atom stereocenters. The molecule has 2 rings (SSSR count). The second-order valence-electron chi connectivity index (χ2n) is 3.72. The van der Waals surface area contributed by atoms with Crippen LogP contribution in [0, 0.1) is 5.92 Å². The highest BCUT2D eigenvalue weighted by molar-refractivity contribution is 4.83. The summed E-state index contributed by atoms with van der Waals surface area (Å²) in [5, 5.41) is 0. The van der Waals surface area contributed by atoms with Crippen LogP contribution in [0.2, 0.25) is 0 Å². The monoisotopic (exact) mass is 112 g/mol. The van der Waals surface area contributed by atoms with E-state index in [1.165, 1.54) is 24.0 Å². The molecule has 8 heavy (non-hydrogen) atoms. The van der Waals surface area contributed by atoms with Gasteiger partial charge in [0.1, 0.15) is 6.04 Å². The zero-order valence-electron chi connectivity index (χ0n) is 5.72. The van der Waals surface area contributed by atoms with Gasteiger partial charge in [0.25, 0.3) is 0 Å². The van der Waals surface area contributed by atoms with Crippen LogP contribution in [0.15, 0.2) is 0 Å². The lowest BCUT2D eigenvalue weighted by atomic mass is 9.77. The number of rotatable bonds is 0. The van der Waals surface area contributed by atoms with Gasteiger partial charge in [0.2, 0.25) is 0 Å². The highest BCUT2D eigenvalue weighted by Crippen LogP contribution is 2.41. The lowest BCUT2D eigenvalue weighted by Gasteiger charge is -2.61. The van der Waals surface area contributed by atoms with E-state index in [1.807, 2.05) is 0 Å². The van der Waals surface area contributed by atoms with E-state index < -0.39 is 0 Å². The Balaban J connectivity index is 2.08. The van der Waals surface area contributed by atoms with Crippen LogP contribution in [0.4, 0.5) is 0 Å². The summed E-state index contributed by atoms with van der Waals surface area (Å²) in [7, 11) is 2.38. The van der Waals surface area contributed by atoms with Crippen LogP contribution in [0.1, 0.15) is 13.3 Å². The van der Waals surface area contributed by atoms with Gasteiger partial charge in [-0.3, -0.25) is 0 Å². The Hall–Kier alpha value is -0.0400. The molecule has 0 radical (unpaired) electrons. The molecule has 1 nitrogen and oxygen atoms in total. The molecule has 0 bridgehead atoms. The Morgan fingerprint density at radius 3 is 2.25 bits per heavy atom. The van der Waals surface area contributed by atoms with Crippen molar-refractivity contribution in [3.8, 4) is 0 Å². The summed E-state index contributed by atoms with van der Waals surface area (Å²) in [5.41, 5.74) is 0. The van der Waals surface area contributed by atoms with E-state index in [-0.39, 0.29) is 0 Å². The standard InChI is InChI=1S/C7H14N/c1-6-5-8(2)4-3-7(6)8/h6-7H,3-5H2,1-2H3/q+1/t6?,7-,8?/m0/s1. The highest BCUT2D eigenvalue weighted by Gasteiger charge is 2.55. The van der Waals surface area contributed by atoms with Crippen molar-refractivity contribution in [2.75, 3.05) is 20.1 Å². The number of nitrogens with zero attached hydrogens (tertiary/aromatic N) is 1. The Bertz CT molecular complexity index is 122. The molecule has 0 aromatic carbocycles. The zero-order valence-corrected chi connectivity index (χ0v) is 5.72. The van der Waals surface area contributed by atoms with E-state index in [0.717, 1.165) is 12.0 Å². The van der Waals surface area contributed by atoms with Crippen molar-refractivity contribution >= 4 is 0 Å². The molecule has 0 spiro atoms. The Morgan fingerprint density at radius 2 is 2.25 bits per heavy atom. The SMILES string of the molecule is CC1C[N+]2(C)CC[C@@H]12. The van der Waals surface area contributed by atoms with Gasteiger partial charge in [0.15, 0.2) is 0 Å². The number of hydrogen-bond acceptors (Lipinski definition) is 0. The fourth-order valence-electron chi connectivity index (χ4n) is 2.49. The first kappa shape index (κ1) is 4.80. The van der Waals surface area contributed by atoms with Gasteiger partial charge in [-0.25, -0.2) is 0 Å². The third-order valence-corrected chi connectivity index (χ3v) is 3.10. The van der Waals surface area contributed by atoms with Gasteiger partial charge in [0.05, 0.1) is 26.1 Å². The molecule has 46 valence electrons. The molecular weight excluding hydrogens is 98.1 g/mol. The van der Waals surface area contributed by atoms with Crippen molar-refractivity contribution in [2.45, 2.75) is 19.4 Å². The normalized spacial score (nSPS) is 60.8. The smallest absolute Gasteiger partial charge is 0.102 e. The minimum absolute atomic E-state index is 1.04. The maximum atomic E-state index is 2.38. The first-order valence-corrected chi connectivity index (χ1v) is 3.57. The van der Waals surface area contributed by atoms with Crippen molar-refractivity contribution in [2.24, 2.45) is 5.92 Å². The third kappa shape index (κ3) is 0.334. The molecule has 2 saturated heterocycles. The molecule has 3 atom stereocenters. The van der Waals surface area contributed by atoms with Crippen molar-refractivity contribution in [3.05, 3.63) is 0 Å². The highest BCUT2D eigenvalue weighted by atomic mass is 15.5. The minimum atomic E-state index is 1.04. The zero-order chi connectivity index (χ0) is 5.78. The molecule has 0 N–H and O–H groups in total. The summed E-state index contributed by atoms with van der Waals surface area (Å²) in [6.07, 6.45) is 1.50. The van der Waals surface area contributed by atoms with Gasteiger partial charge < -0.3 is 4.48 Å². The predicted octanol–water partition coefficient (Wildman–Crippen LogP) is 0.855. The fraction of sp³-hybridized carbons (Fsp3) is 1.00. The van der Waals surface area contributed by atoms with Crippen LogP contribution in [-0.2, 0) is 0 Å². The van der Waals surface area contributed by atoms with Gasteiger partial charge >= 0.3 is 0 Å². The molecule has 0 saturated carbocycles. The second-order valence-corrected chi connectivity index (χ2v) is 3.72. The van der Waals surface area contributed by atoms with Crippen molar-refractivity contribution in [1.82, 2.24) is 0 Å². The molecule has 2 fully saturated rings. The summed E-state index contributed by atoms with van der Waals surface area (Å²) >= 11 is 0. The van der Waals surface area contributed by atoms with E-state index in [4.69, 9.17) is 0 Å². The molecule has 0 aromatic rings. The van der Waals surface area contributed by atoms with E-state index in [0.29, 0.717) is 0 Å². The van der Waals surface area contributed by atoms with Crippen LogP contribution >= 0.6 is 0 Å². The average molecular weight is 112 g/mol. The maximum absolute atomic E-state index is 2.38. The molecule has 2 aliphatic heterocycles. The Morgan fingerprint density at radius 1 is 1.50 bits per heavy atom. The van der Waals surface area contributed by atoms with E-state index in [1.54, 1.807) is 0 Å². The van der Waals surface area contributed by atoms with E-state index >= 15 is 0 Å². The Kier molecular flexibility index (Phi) is 0.663. The van der Waals surface area contributed by atoms with Crippen LogP contribution in [0.25, 0.3) is 0 Å². The van der Waals surface area contributed by atoms with Crippen LogP contribution in [0.5, 0.6) is 0 Å². The lowest BCUT2D eigenvalue weighted by Crippen LogP contribution is -2.75. The maximum Gasteiger partial charge on any atom is 0.102 e. The largest absolute Gasteiger partial charge is 0.322 e. The molecule has 0 aliphatic carbocycles. The topological polar surface area (TPSA) is 0 Å². The third-order valence-electron chi connectivity index (χ3n) is 3.10. The fourth-order valence-corrected chi connectivity index (χ4v) is 2.49. The van der Waals surface area contributed by atoms with Crippen LogP contribution in [0.3, 0.4) is 0 Å². The summed E-state index contributed by atoms with van der Waals surface area (Å²) < 4.78 is 1.40. The molecular formula is C7H14N+. The first-order chi connectivity index (χ1) is 3.72. The summed E-state index contributed by atoms with van der Waals surface area (Å²) in [4.78, 5) is 0. The van der Waals surface area contributed by atoms with Gasteiger partial charge in [-0.05, 0) is 0 Å². The number of hydrogen-bond donors (Lipinski definition) is 0. The molecule has 0 aromatic heterocycles. The quantitative estimate of drug-likeness (QED) is 0.408. The summed E-state index contributed by atoms with van der Waals surface area (Å²) in [5.74, 6) is 1.04. The van der Waals surface area contributed by atoms with Crippen LogP contribution in [-0.4, -0.2) is 30.7 Å². The van der Waals surface area contributed by atoms with E-state index in [9.17, 15) is 0 Å². The minimum Gasteiger partial charge on any atom is -0.322 e. The van der Waals surface area contributed by atoms with Gasteiger partial charge in [-0.15, -0.1) is 0 Å². The Labute approximate surface area is 50.9 Å². The van der Waals surface area contributed by atoms with Gasteiger partial charge in [-0.2, -0.15) is 0 Å². The van der Waals surface area contributed by atoms with Crippen molar-refractivity contribution in [1.29, 1.82) is 0 Å². The number of piperidine rings is 1. The first-order valence-electron chi connectivity index (χ1n) is 3.57. The van der Waals surface area contributed by atoms with E-state index in [2.05, 4.69) is 14.0 Å². The lowest BCUT2D eigenvalue weighted by molar-refractivity contribution is -1.02. The van der Waals surface area contributed by atoms with Crippen LogP contribution < -0.4 is 0 Å². The number of fused-ring (bicyclic) bond motifs is 1. The molecule has 1 heteroatoms. The van der Waals surface area contributed by atoms with Crippen molar-refractivity contribution in [3.63, 3.8) is 0 Å². The summed E-state index contributed by atoms with van der Waals surface area (Å²) in [6, 6.07) is 1.06. The molecule has 2 aliphatic rings. The predicted molar refractivity (Wildman–Crippen MR) is 33.5 cm³/mol. The van der Waals surface area contributed by atoms with Crippen molar-refractivity contribution < 1.29 is 4.48 Å². The molecule has 2 heterocycles. The van der Waals surface area contributed by atoms with Gasteiger partial charge in [0, 0.05) is 6.42 Å².